The van der Waals surface area contributed by atoms with Crippen molar-refractivity contribution in [3.8, 4) is 11.5 Å². The first-order valence-corrected chi connectivity index (χ1v) is 12.9. The monoisotopic (exact) mass is 556 g/mol. The lowest BCUT2D eigenvalue weighted by molar-refractivity contribution is -0.114. The third-order valence-corrected chi connectivity index (χ3v) is 7.45. The second kappa shape index (κ2) is 12.3. The molecule has 0 aliphatic carbocycles. The van der Waals surface area contributed by atoms with E-state index in [2.05, 4.69) is 5.32 Å². The van der Waals surface area contributed by atoms with E-state index in [-0.39, 0.29) is 33.1 Å². The third-order valence-electron chi connectivity index (χ3n) is 5.67. The molecule has 39 heavy (non-hydrogen) atoms. The number of carbonyl (C=O) groups is 3. The summed E-state index contributed by atoms with van der Waals surface area (Å²) in [5, 5.41) is 2.52. The number of carbonyl (C=O) groups excluding carboxylic acids is 3. The van der Waals surface area contributed by atoms with Gasteiger partial charge in [-0.25, -0.2) is 18.0 Å². The molecule has 0 heterocycles. The molecule has 0 aromatic heterocycles. The van der Waals surface area contributed by atoms with Gasteiger partial charge in [0.1, 0.15) is 18.0 Å². The molecular weight excluding hydrogens is 528 g/mol. The Morgan fingerprint density at radius 3 is 2.08 bits per heavy atom. The molecule has 11 nitrogen and oxygen atoms in total. The average Bonchev–Trinajstić information content (AvgIpc) is 2.94. The highest BCUT2D eigenvalue weighted by atomic mass is 32.2. The number of nitrogens with zero attached hydrogens (tertiary/aromatic N) is 1. The minimum atomic E-state index is -4.28. The minimum absolute atomic E-state index is 0.0477. The molecule has 0 radical (unpaired) electrons. The third kappa shape index (κ3) is 6.47. The van der Waals surface area contributed by atoms with Crippen molar-refractivity contribution in [1.82, 2.24) is 0 Å². The summed E-state index contributed by atoms with van der Waals surface area (Å²) in [6.07, 6.45) is 0. The molecule has 0 saturated carbocycles. The molecule has 0 aliphatic heterocycles. The Morgan fingerprint density at radius 1 is 0.821 bits per heavy atom. The molecule has 3 aromatic rings. The Hall–Kier alpha value is -4.58. The van der Waals surface area contributed by atoms with E-state index in [9.17, 15) is 22.8 Å². The molecule has 0 atom stereocenters. The zero-order chi connectivity index (χ0) is 28.7. The van der Waals surface area contributed by atoms with Gasteiger partial charge in [0, 0.05) is 6.07 Å². The molecule has 1 amide bonds. The Labute approximate surface area is 226 Å². The Bertz CT molecular complexity index is 1490. The second-order valence-corrected chi connectivity index (χ2v) is 10.0. The molecule has 0 unspecified atom stereocenters. The van der Waals surface area contributed by atoms with E-state index in [0.29, 0.717) is 5.75 Å². The van der Waals surface area contributed by atoms with Crippen LogP contribution in [-0.2, 0) is 24.3 Å². The number of hydrogen-bond donors (Lipinski definition) is 1. The molecule has 0 fully saturated rings. The van der Waals surface area contributed by atoms with Crippen molar-refractivity contribution >= 4 is 39.2 Å². The van der Waals surface area contributed by atoms with Crippen LogP contribution in [0.3, 0.4) is 0 Å². The number of rotatable bonds is 10. The van der Waals surface area contributed by atoms with Crippen LogP contribution in [0.5, 0.6) is 11.5 Å². The lowest BCUT2D eigenvalue weighted by atomic mass is 10.1. The Balaban J connectivity index is 2.08. The highest BCUT2D eigenvalue weighted by Gasteiger charge is 2.30. The number of nitrogens with one attached hydrogen (secondary N) is 1. The predicted octanol–water partition coefficient (Wildman–Crippen LogP) is 3.42. The molecule has 3 aromatic carbocycles. The molecule has 12 heteroatoms. The van der Waals surface area contributed by atoms with Gasteiger partial charge in [-0.1, -0.05) is 17.7 Å². The van der Waals surface area contributed by atoms with Crippen molar-refractivity contribution in [2.45, 2.75) is 11.8 Å². The van der Waals surface area contributed by atoms with E-state index in [1.807, 2.05) is 6.92 Å². The van der Waals surface area contributed by atoms with Crippen molar-refractivity contribution in [2.75, 3.05) is 44.6 Å². The normalized spacial score (nSPS) is 10.8. The quantitative estimate of drug-likeness (QED) is 0.372. The highest BCUT2D eigenvalue weighted by Crippen LogP contribution is 2.35. The first-order chi connectivity index (χ1) is 18.5. The van der Waals surface area contributed by atoms with Crippen LogP contribution in [0, 0.1) is 6.92 Å². The largest absolute Gasteiger partial charge is 0.497 e. The first kappa shape index (κ1) is 29.0. The molecule has 3 rings (SSSR count). The number of ether oxygens (including phenoxy) is 4. The van der Waals surface area contributed by atoms with Crippen molar-refractivity contribution in [2.24, 2.45) is 0 Å². The van der Waals surface area contributed by atoms with Gasteiger partial charge in [0.2, 0.25) is 5.91 Å². The highest BCUT2D eigenvalue weighted by molar-refractivity contribution is 7.92. The lowest BCUT2D eigenvalue weighted by Gasteiger charge is -2.26. The van der Waals surface area contributed by atoms with Gasteiger partial charge in [0.15, 0.2) is 0 Å². The number of methoxy groups -OCH3 is 4. The zero-order valence-corrected chi connectivity index (χ0v) is 22.8. The van der Waals surface area contributed by atoms with Gasteiger partial charge in [-0.15, -0.1) is 0 Å². The summed E-state index contributed by atoms with van der Waals surface area (Å²) in [5.41, 5.74) is 0.866. The van der Waals surface area contributed by atoms with Crippen molar-refractivity contribution < 1.29 is 41.7 Å². The van der Waals surface area contributed by atoms with Crippen molar-refractivity contribution in [1.29, 1.82) is 0 Å². The van der Waals surface area contributed by atoms with E-state index < -0.39 is 34.4 Å². The van der Waals surface area contributed by atoms with Crippen LogP contribution < -0.4 is 19.1 Å². The van der Waals surface area contributed by atoms with E-state index in [0.717, 1.165) is 17.0 Å². The van der Waals surface area contributed by atoms with Gasteiger partial charge in [-0.05, 0) is 49.4 Å². The minimum Gasteiger partial charge on any atom is -0.497 e. The van der Waals surface area contributed by atoms with E-state index in [4.69, 9.17) is 18.9 Å². The maximum absolute atomic E-state index is 13.8. The lowest BCUT2D eigenvalue weighted by Crippen LogP contribution is -2.38. The maximum Gasteiger partial charge on any atom is 0.339 e. The molecule has 206 valence electrons. The van der Waals surface area contributed by atoms with Crippen LogP contribution in [-0.4, -0.2) is 61.2 Å². The van der Waals surface area contributed by atoms with Crippen molar-refractivity contribution in [3.05, 3.63) is 77.4 Å². The van der Waals surface area contributed by atoms with Crippen LogP contribution in [0.2, 0.25) is 0 Å². The molecular formula is C27H28N2O9S. The van der Waals surface area contributed by atoms with Gasteiger partial charge in [0.05, 0.1) is 55.8 Å². The van der Waals surface area contributed by atoms with E-state index in [1.165, 1.54) is 69.9 Å². The topological polar surface area (TPSA) is 138 Å². The van der Waals surface area contributed by atoms with Gasteiger partial charge < -0.3 is 24.3 Å². The van der Waals surface area contributed by atoms with Crippen molar-refractivity contribution in [3.63, 3.8) is 0 Å². The molecule has 0 saturated heterocycles. The fourth-order valence-corrected chi connectivity index (χ4v) is 5.06. The standard InChI is InChI=1S/C27H28N2O9S/c1-17-6-10-20(11-7-17)39(33,34)29(23-13-9-19(35-2)15-24(23)36-3)16-25(30)28-22-14-18(26(31)37-4)8-12-21(22)27(32)38-5/h6-15H,16H2,1-5H3,(H,28,30). The fraction of sp³-hybridized carbons (Fsp3) is 0.222. The maximum atomic E-state index is 13.8. The van der Waals surface area contributed by atoms with Crippen LogP contribution in [0.1, 0.15) is 26.3 Å². The molecule has 1 N–H and O–H groups in total. The predicted molar refractivity (Wildman–Crippen MR) is 143 cm³/mol. The number of esters is 2. The van der Waals surface area contributed by atoms with Crippen LogP contribution in [0.25, 0.3) is 0 Å². The van der Waals surface area contributed by atoms with E-state index in [1.54, 1.807) is 12.1 Å². The summed E-state index contributed by atoms with van der Waals surface area (Å²) in [6.45, 7) is 1.11. The summed E-state index contributed by atoms with van der Waals surface area (Å²) in [6, 6.07) is 14.5. The SMILES string of the molecule is COC(=O)c1ccc(C(=O)OC)c(NC(=O)CN(c2ccc(OC)cc2OC)S(=O)(=O)c2ccc(C)cc2)c1. The van der Waals surface area contributed by atoms with Gasteiger partial charge in [-0.3, -0.25) is 9.10 Å². The summed E-state index contributed by atoms with van der Waals surface area (Å²) in [7, 11) is 0.871. The van der Waals surface area contributed by atoms with Gasteiger partial charge in [-0.2, -0.15) is 0 Å². The van der Waals surface area contributed by atoms with E-state index >= 15 is 0 Å². The van der Waals surface area contributed by atoms with Crippen LogP contribution in [0.4, 0.5) is 11.4 Å². The summed E-state index contributed by atoms with van der Waals surface area (Å²) in [5.74, 6) is -1.73. The van der Waals surface area contributed by atoms with Gasteiger partial charge in [0.25, 0.3) is 10.0 Å². The van der Waals surface area contributed by atoms with Crippen LogP contribution >= 0.6 is 0 Å². The zero-order valence-electron chi connectivity index (χ0n) is 22.0. The molecule has 0 spiro atoms. The number of aryl methyl sites for hydroxylation is 1. The first-order valence-electron chi connectivity index (χ1n) is 11.5. The fourth-order valence-electron chi connectivity index (χ4n) is 3.63. The van der Waals surface area contributed by atoms with Crippen LogP contribution in [0.15, 0.2) is 65.6 Å². The number of benzene rings is 3. The number of hydrogen-bond acceptors (Lipinski definition) is 9. The average molecular weight is 557 g/mol. The number of amides is 1. The second-order valence-electron chi connectivity index (χ2n) is 8.15. The number of anilines is 2. The Kier molecular flexibility index (Phi) is 9.15. The smallest absolute Gasteiger partial charge is 0.339 e. The number of sulfonamides is 1. The Morgan fingerprint density at radius 2 is 1.49 bits per heavy atom. The molecule has 0 bridgehead atoms. The summed E-state index contributed by atoms with van der Waals surface area (Å²) < 4.78 is 48.5. The summed E-state index contributed by atoms with van der Waals surface area (Å²) in [4.78, 5) is 37.6. The van der Waals surface area contributed by atoms with Gasteiger partial charge >= 0.3 is 11.9 Å². The molecule has 0 aliphatic rings. The summed E-state index contributed by atoms with van der Waals surface area (Å²) >= 11 is 0.